The molecular formula is C15H24N2O3S. The average Bonchev–Trinajstić information content (AvgIpc) is 3.13. The van der Waals surface area contributed by atoms with Gasteiger partial charge in [0.1, 0.15) is 12.4 Å². The molecule has 6 heteroatoms. The number of rotatable bonds is 9. The summed E-state index contributed by atoms with van der Waals surface area (Å²) < 4.78 is 32.5. The minimum absolute atomic E-state index is 0.0931. The summed E-state index contributed by atoms with van der Waals surface area (Å²) in [4.78, 5) is 0.290. The van der Waals surface area contributed by atoms with Gasteiger partial charge in [-0.15, -0.1) is 0 Å². The van der Waals surface area contributed by atoms with Gasteiger partial charge in [0.25, 0.3) is 0 Å². The molecule has 0 aliphatic heterocycles. The van der Waals surface area contributed by atoms with Crippen LogP contribution in [-0.4, -0.2) is 34.2 Å². The maximum Gasteiger partial charge on any atom is 0.240 e. The van der Waals surface area contributed by atoms with E-state index in [1.165, 1.54) is 0 Å². The van der Waals surface area contributed by atoms with E-state index in [1.807, 2.05) is 6.92 Å². The number of sulfonamides is 1. The third kappa shape index (κ3) is 4.98. The summed E-state index contributed by atoms with van der Waals surface area (Å²) in [6, 6.07) is 6.67. The van der Waals surface area contributed by atoms with Crippen molar-refractivity contribution in [3.05, 3.63) is 24.3 Å². The van der Waals surface area contributed by atoms with Crippen molar-refractivity contribution in [1.82, 2.24) is 10.0 Å². The summed E-state index contributed by atoms with van der Waals surface area (Å²) in [7, 11) is -3.40. The van der Waals surface area contributed by atoms with E-state index in [2.05, 4.69) is 17.0 Å². The Morgan fingerprint density at radius 1 is 1.24 bits per heavy atom. The van der Waals surface area contributed by atoms with Gasteiger partial charge in [-0.25, -0.2) is 13.1 Å². The molecule has 21 heavy (non-hydrogen) atoms. The molecule has 0 saturated heterocycles. The van der Waals surface area contributed by atoms with Crippen LogP contribution in [0.4, 0.5) is 0 Å². The predicted octanol–water partition coefficient (Wildman–Crippen LogP) is 1.75. The summed E-state index contributed by atoms with van der Waals surface area (Å²) in [5, 5.41) is 3.24. The third-order valence-electron chi connectivity index (χ3n) is 3.52. The molecule has 2 unspecified atom stereocenters. The highest BCUT2D eigenvalue weighted by molar-refractivity contribution is 7.89. The van der Waals surface area contributed by atoms with E-state index in [-0.39, 0.29) is 10.9 Å². The monoisotopic (exact) mass is 312 g/mol. The molecule has 0 spiro atoms. The van der Waals surface area contributed by atoms with E-state index < -0.39 is 10.0 Å². The number of hydrogen-bond donors (Lipinski definition) is 2. The van der Waals surface area contributed by atoms with Crippen LogP contribution >= 0.6 is 0 Å². The van der Waals surface area contributed by atoms with Crippen molar-refractivity contribution in [2.45, 2.75) is 37.6 Å². The smallest absolute Gasteiger partial charge is 0.240 e. The van der Waals surface area contributed by atoms with Crippen LogP contribution in [0.25, 0.3) is 0 Å². The van der Waals surface area contributed by atoms with Gasteiger partial charge in [-0.05, 0) is 49.6 Å². The second-order valence-electron chi connectivity index (χ2n) is 5.51. The molecule has 1 fully saturated rings. The number of benzene rings is 1. The lowest BCUT2D eigenvalue weighted by Gasteiger charge is -2.09. The molecule has 5 nitrogen and oxygen atoms in total. The number of nitrogens with one attached hydrogen (secondary N) is 2. The quantitative estimate of drug-likeness (QED) is 0.682. The molecule has 1 aromatic carbocycles. The van der Waals surface area contributed by atoms with Crippen LogP contribution in [0, 0.1) is 5.92 Å². The Kier molecular flexibility index (Phi) is 5.61. The zero-order chi connectivity index (χ0) is 15.3. The topological polar surface area (TPSA) is 67.4 Å². The summed E-state index contributed by atoms with van der Waals surface area (Å²) in [6.45, 7) is 6.49. The van der Waals surface area contributed by atoms with Gasteiger partial charge in [-0.2, -0.15) is 0 Å². The molecule has 1 aliphatic carbocycles. The van der Waals surface area contributed by atoms with Crippen LogP contribution in [0.2, 0.25) is 0 Å². The number of ether oxygens (including phenoxy) is 1. The Bertz CT molecular complexity index is 543. The number of hydrogen-bond acceptors (Lipinski definition) is 4. The SMILES string of the molecule is CCCNCCOc1ccc(S(=O)(=O)NC2CC2C)cc1. The summed E-state index contributed by atoms with van der Waals surface area (Å²) in [5.74, 6) is 1.13. The van der Waals surface area contributed by atoms with Crippen molar-refractivity contribution >= 4 is 10.0 Å². The van der Waals surface area contributed by atoms with Crippen molar-refractivity contribution in [1.29, 1.82) is 0 Å². The molecule has 1 aliphatic rings. The standard InChI is InChI=1S/C15H24N2O3S/c1-3-8-16-9-10-20-13-4-6-14(7-5-13)21(18,19)17-15-11-12(15)2/h4-7,12,15-17H,3,8-11H2,1-2H3. The molecule has 0 amide bonds. The molecule has 0 heterocycles. The highest BCUT2D eigenvalue weighted by Crippen LogP contribution is 2.30. The molecule has 118 valence electrons. The molecule has 2 atom stereocenters. The fraction of sp³-hybridized carbons (Fsp3) is 0.600. The van der Waals surface area contributed by atoms with E-state index in [0.717, 1.165) is 25.9 Å². The van der Waals surface area contributed by atoms with Crippen molar-refractivity contribution < 1.29 is 13.2 Å². The van der Waals surface area contributed by atoms with Crippen LogP contribution in [0.1, 0.15) is 26.7 Å². The Labute approximate surface area is 127 Å². The first kappa shape index (κ1) is 16.3. The van der Waals surface area contributed by atoms with E-state index >= 15 is 0 Å². The molecular weight excluding hydrogens is 288 g/mol. The van der Waals surface area contributed by atoms with E-state index in [4.69, 9.17) is 4.74 Å². The second-order valence-corrected chi connectivity index (χ2v) is 7.22. The van der Waals surface area contributed by atoms with Gasteiger partial charge < -0.3 is 10.1 Å². The van der Waals surface area contributed by atoms with Crippen molar-refractivity contribution in [2.24, 2.45) is 5.92 Å². The highest BCUT2D eigenvalue weighted by Gasteiger charge is 2.36. The minimum atomic E-state index is -3.40. The Balaban J connectivity index is 1.83. The summed E-state index contributed by atoms with van der Waals surface area (Å²) >= 11 is 0. The fourth-order valence-electron chi connectivity index (χ4n) is 2.01. The lowest BCUT2D eigenvalue weighted by atomic mass is 10.3. The van der Waals surface area contributed by atoms with Crippen molar-refractivity contribution in [3.63, 3.8) is 0 Å². The van der Waals surface area contributed by atoms with Gasteiger partial charge >= 0.3 is 0 Å². The van der Waals surface area contributed by atoms with Crippen LogP contribution in [0.15, 0.2) is 29.2 Å². The van der Waals surface area contributed by atoms with Crippen molar-refractivity contribution in [3.8, 4) is 5.75 Å². The van der Waals surface area contributed by atoms with Gasteiger partial charge in [0, 0.05) is 12.6 Å². The maximum atomic E-state index is 12.1. The van der Waals surface area contributed by atoms with Crippen molar-refractivity contribution in [2.75, 3.05) is 19.7 Å². The largest absolute Gasteiger partial charge is 0.492 e. The van der Waals surface area contributed by atoms with E-state index in [9.17, 15) is 8.42 Å². The first-order valence-electron chi connectivity index (χ1n) is 7.49. The van der Waals surface area contributed by atoms with E-state index in [0.29, 0.717) is 18.3 Å². The predicted molar refractivity (Wildman–Crippen MR) is 83.0 cm³/mol. The minimum Gasteiger partial charge on any atom is -0.492 e. The van der Waals surface area contributed by atoms with Gasteiger partial charge in [-0.1, -0.05) is 13.8 Å². The van der Waals surface area contributed by atoms with Crippen LogP contribution in [0.5, 0.6) is 5.75 Å². The van der Waals surface area contributed by atoms with Crippen LogP contribution in [0.3, 0.4) is 0 Å². The molecule has 1 aromatic rings. The first-order valence-corrected chi connectivity index (χ1v) is 8.97. The highest BCUT2D eigenvalue weighted by atomic mass is 32.2. The summed E-state index contributed by atoms with van der Waals surface area (Å²) in [5.41, 5.74) is 0. The summed E-state index contributed by atoms with van der Waals surface area (Å²) in [6.07, 6.45) is 2.02. The first-order chi connectivity index (χ1) is 10.0. The molecule has 0 radical (unpaired) electrons. The molecule has 0 bridgehead atoms. The Hall–Kier alpha value is -1.11. The zero-order valence-electron chi connectivity index (χ0n) is 12.6. The Morgan fingerprint density at radius 2 is 1.90 bits per heavy atom. The molecule has 2 rings (SSSR count). The average molecular weight is 312 g/mol. The lowest BCUT2D eigenvalue weighted by molar-refractivity contribution is 0.314. The van der Waals surface area contributed by atoms with E-state index in [1.54, 1.807) is 24.3 Å². The zero-order valence-corrected chi connectivity index (χ0v) is 13.4. The fourth-order valence-corrected chi connectivity index (χ4v) is 3.37. The van der Waals surface area contributed by atoms with Crippen LogP contribution < -0.4 is 14.8 Å². The molecule has 0 aromatic heterocycles. The van der Waals surface area contributed by atoms with Gasteiger partial charge in [0.05, 0.1) is 4.90 Å². The van der Waals surface area contributed by atoms with Gasteiger partial charge in [-0.3, -0.25) is 0 Å². The maximum absolute atomic E-state index is 12.1. The van der Waals surface area contributed by atoms with Gasteiger partial charge in [0.15, 0.2) is 0 Å². The van der Waals surface area contributed by atoms with Crippen LogP contribution in [-0.2, 0) is 10.0 Å². The lowest BCUT2D eigenvalue weighted by Crippen LogP contribution is -2.26. The van der Waals surface area contributed by atoms with Gasteiger partial charge in [0.2, 0.25) is 10.0 Å². The molecule has 2 N–H and O–H groups in total. The molecule has 1 saturated carbocycles. The third-order valence-corrected chi connectivity index (χ3v) is 5.03. The normalized spacial score (nSPS) is 21.2. The Morgan fingerprint density at radius 3 is 2.48 bits per heavy atom. The second kappa shape index (κ2) is 7.24.